The van der Waals surface area contributed by atoms with Crippen molar-refractivity contribution >= 4 is 40.7 Å². The second-order valence-corrected chi connectivity index (χ2v) is 10.8. The molecule has 0 radical (unpaired) electrons. The van der Waals surface area contributed by atoms with Gasteiger partial charge in [0.05, 0.1) is 13.0 Å². The quantitative estimate of drug-likeness (QED) is 0.632. The molecule has 0 aromatic rings. The molecule has 0 amide bonds. The molecule has 0 saturated carbocycles. The molecule has 1 N–H and O–H groups in total. The van der Waals surface area contributed by atoms with Gasteiger partial charge in [-0.1, -0.05) is 34.2 Å². The van der Waals surface area contributed by atoms with Crippen molar-refractivity contribution in [1.82, 2.24) is 9.76 Å². The fourth-order valence-corrected chi connectivity index (χ4v) is 4.56. The summed E-state index contributed by atoms with van der Waals surface area (Å²) in [6.45, 7) is 2.92. The molecule has 94 valence electrons. The maximum absolute atomic E-state index is 11.6. The van der Waals surface area contributed by atoms with E-state index in [-0.39, 0.29) is 25.4 Å². The van der Waals surface area contributed by atoms with Crippen molar-refractivity contribution in [1.29, 1.82) is 0 Å². The Morgan fingerprint density at radius 3 is 2.75 bits per heavy atom. The standard InChI is InChI=1S/C8H20N2O2P4/c1-5(8(11)12-2)7-6(9-16(14)15)3-4-10(7)13/h5-7,9H,3-4,13-15H2,1-2H3/t5-,6?,7?/m1/s1. The zero-order chi connectivity index (χ0) is 12.3. The average Bonchev–Trinajstić information content (AvgIpc) is 2.56. The van der Waals surface area contributed by atoms with Crippen molar-refractivity contribution in [3.05, 3.63) is 0 Å². The molecule has 0 aromatic carbocycles. The summed E-state index contributed by atoms with van der Waals surface area (Å²) in [5.74, 6) is -0.240. The highest BCUT2D eigenvalue weighted by atomic mass is 32.4. The Balaban J connectivity index is 2.69. The van der Waals surface area contributed by atoms with Gasteiger partial charge in [-0.15, -0.1) is 0 Å². The van der Waals surface area contributed by atoms with Gasteiger partial charge in [-0.2, -0.15) is 0 Å². The Morgan fingerprint density at radius 1 is 1.62 bits per heavy atom. The van der Waals surface area contributed by atoms with Crippen molar-refractivity contribution in [3.63, 3.8) is 0 Å². The van der Waals surface area contributed by atoms with Crippen molar-refractivity contribution < 1.29 is 9.53 Å². The van der Waals surface area contributed by atoms with Crippen LogP contribution in [0.5, 0.6) is 0 Å². The molecule has 8 heteroatoms. The smallest absolute Gasteiger partial charge is 0.310 e. The number of carbonyl (C=O) groups is 1. The molecule has 1 saturated heterocycles. The van der Waals surface area contributed by atoms with Crippen molar-refractivity contribution in [2.75, 3.05) is 13.7 Å². The van der Waals surface area contributed by atoms with E-state index in [2.05, 4.69) is 37.0 Å². The molecule has 1 aliphatic rings. The molecule has 1 rings (SSSR count). The molecule has 1 heterocycles. The number of carbonyl (C=O) groups excluding carboxylic acids is 1. The summed E-state index contributed by atoms with van der Waals surface area (Å²) in [6, 6.07) is 0.552. The highest BCUT2D eigenvalue weighted by molar-refractivity contribution is 8.42. The van der Waals surface area contributed by atoms with Crippen LogP contribution < -0.4 is 5.09 Å². The second-order valence-electron chi connectivity index (χ2n) is 3.97. The summed E-state index contributed by atoms with van der Waals surface area (Å²) < 4.78 is 6.98. The highest BCUT2D eigenvalue weighted by Gasteiger charge is 2.39. The fraction of sp³-hybridized carbons (Fsp3) is 0.875. The van der Waals surface area contributed by atoms with E-state index in [1.54, 1.807) is 0 Å². The van der Waals surface area contributed by atoms with Gasteiger partial charge >= 0.3 is 5.97 Å². The summed E-state index contributed by atoms with van der Waals surface area (Å²) in [6.07, 6.45) is 1.07. The Hall–Kier alpha value is 1.11. The summed E-state index contributed by atoms with van der Waals surface area (Å²) in [7, 11) is 9.36. The third-order valence-corrected chi connectivity index (χ3v) is 5.02. The number of hydrogen-bond donors (Lipinski definition) is 1. The first-order valence-electron chi connectivity index (χ1n) is 5.12. The minimum atomic E-state index is -0.310. The summed E-state index contributed by atoms with van der Waals surface area (Å²) in [5.41, 5.74) is 0. The first-order valence-corrected chi connectivity index (χ1v) is 10.2. The van der Waals surface area contributed by atoms with E-state index in [9.17, 15) is 4.79 Å². The van der Waals surface area contributed by atoms with E-state index in [4.69, 9.17) is 4.74 Å². The lowest BCUT2D eigenvalue weighted by atomic mass is 9.97. The molecular weight excluding hydrogens is 280 g/mol. The number of nitrogens with zero attached hydrogens (tertiary/aromatic N) is 1. The normalized spacial score (nSPS) is 28.4. The number of nitrogens with one attached hydrogen (secondary N) is 1. The molecule has 0 bridgehead atoms. The molecule has 0 aromatic heterocycles. The minimum absolute atomic E-state index is 0.104. The molecule has 5 unspecified atom stereocenters. The van der Waals surface area contributed by atoms with Gasteiger partial charge in [0, 0.05) is 18.6 Å². The highest BCUT2D eigenvalue weighted by Crippen LogP contribution is 2.50. The molecule has 6 atom stereocenters. The topological polar surface area (TPSA) is 41.6 Å². The van der Waals surface area contributed by atoms with E-state index in [1.165, 1.54) is 7.11 Å². The van der Waals surface area contributed by atoms with Crippen LogP contribution in [-0.2, 0) is 9.53 Å². The van der Waals surface area contributed by atoms with Crippen LogP contribution in [0.15, 0.2) is 0 Å². The number of rotatable bonds is 4. The van der Waals surface area contributed by atoms with Gasteiger partial charge in [-0.25, -0.2) is 0 Å². The SMILES string of the molecule is COC(=O)[C@H](C)C1C(NP(P)P)CCN1P. The van der Waals surface area contributed by atoms with Crippen molar-refractivity contribution in [2.45, 2.75) is 25.4 Å². The summed E-state index contributed by atoms with van der Waals surface area (Å²) >= 11 is 0. The van der Waals surface area contributed by atoms with E-state index >= 15 is 0 Å². The first-order chi connectivity index (χ1) is 7.47. The van der Waals surface area contributed by atoms with Gasteiger partial charge < -0.3 is 4.74 Å². The van der Waals surface area contributed by atoms with Crippen LogP contribution in [0.1, 0.15) is 13.3 Å². The third kappa shape index (κ3) is 3.81. The van der Waals surface area contributed by atoms with Gasteiger partial charge in [-0.05, 0) is 13.9 Å². The fourth-order valence-electron chi connectivity index (χ4n) is 2.13. The van der Waals surface area contributed by atoms with Gasteiger partial charge in [0.1, 0.15) is 0 Å². The molecule has 0 spiro atoms. The Bertz CT molecular complexity index is 254. The van der Waals surface area contributed by atoms with Crippen LogP contribution in [0.2, 0.25) is 0 Å². The predicted molar refractivity (Wildman–Crippen MR) is 79.3 cm³/mol. The van der Waals surface area contributed by atoms with Crippen molar-refractivity contribution in [2.24, 2.45) is 5.92 Å². The van der Waals surface area contributed by atoms with E-state index in [0.717, 1.165) is 13.0 Å². The lowest BCUT2D eigenvalue weighted by molar-refractivity contribution is -0.146. The first kappa shape index (κ1) is 15.2. The number of methoxy groups -OCH3 is 1. The van der Waals surface area contributed by atoms with E-state index in [1.807, 2.05) is 6.92 Å². The van der Waals surface area contributed by atoms with Crippen LogP contribution in [0.3, 0.4) is 0 Å². The molecule has 4 nitrogen and oxygen atoms in total. The summed E-state index contributed by atoms with van der Waals surface area (Å²) in [4.78, 5) is 11.6. The second kappa shape index (κ2) is 6.89. The Kier molecular flexibility index (Phi) is 6.53. The lowest BCUT2D eigenvalue weighted by Gasteiger charge is -2.30. The zero-order valence-electron chi connectivity index (χ0n) is 9.59. The van der Waals surface area contributed by atoms with Crippen LogP contribution >= 0.6 is 34.7 Å². The molecule has 0 aliphatic carbocycles. The number of esters is 1. The minimum Gasteiger partial charge on any atom is -0.469 e. The monoisotopic (exact) mass is 300 g/mol. The average molecular weight is 300 g/mol. The molecule has 1 aliphatic heterocycles. The lowest BCUT2D eigenvalue weighted by Crippen LogP contribution is -2.44. The van der Waals surface area contributed by atoms with Crippen LogP contribution in [0.25, 0.3) is 0 Å². The van der Waals surface area contributed by atoms with E-state index in [0.29, 0.717) is 6.04 Å². The van der Waals surface area contributed by atoms with Crippen LogP contribution in [0, 0.1) is 5.92 Å². The zero-order valence-corrected chi connectivity index (χ0v) is 13.9. The van der Waals surface area contributed by atoms with Gasteiger partial charge in [0.2, 0.25) is 0 Å². The van der Waals surface area contributed by atoms with E-state index < -0.39 is 0 Å². The molecular formula is C8H20N2O2P4. The van der Waals surface area contributed by atoms with Crippen LogP contribution in [-0.4, -0.2) is 36.4 Å². The predicted octanol–water partition coefficient (Wildman–Crippen LogP) is 1.60. The van der Waals surface area contributed by atoms with Gasteiger partial charge in [-0.3, -0.25) is 14.6 Å². The third-order valence-electron chi connectivity index (χ3n) is 2.89. The molecule has 1 fully saturated rings. The summed E-state index contributed by atoms with van der Waals surface area (Å²) in [5, 5.41) is 3.51. The van der Waals surface area contributed by atoms with Crippen molar-refractivity contribution in [3.8, 4) is 0 Å². The maximum Gasteiger partial charge on any atom is 0.310 e. The van der Waals surface area contributed by atoms with Gasteiger partial charge in [0.15, 0.2) is 0 Å². The van der Waals surface area contributed by atoms with Gasteiger partial charge in [0.25, 0.3) is 0 Å². The number of hydrogen-bond acceptors (Lipinski definition) is 4. The van der Waals surface area contributed by atoms with Crippen LogP contribution in [0.4, 0.5) is 0 Å². The Morgan fingerprint density at radius 2 is 2.25 bits per heavy atom. The largest absolute Gasteiger partial charge is 0.469 e. The number of ether oxygens (including phenoxy) is 1. The Labute approximate surface area is 105 Å². The molecule has 16 heavy (non-hydrogen) atoms. The maximum atomic E-state index is 11.6.